The van der Waals surface area contributed by atoms with E-state index < -0.39 is 0 Å². The van der Waals surface area contributed by atoms with Crippen LogP contribution in [0.3, 0.4) is 0 Å². The van der Waals surface area contributed by atoms with Crippen LogP contribution in [0.25, 0.3) is 6.08 Å². The average molecular weight is 160 g/mol. The summed E-state index contributed by atoms with van der Waals surface area (Å²) >= 11 is 0. The quantitative estimate of drug-likeness (QED) is 0.705. The lowest BCUT2D eigenvalue weighted by Gasteiger charge is -1.95. The third-order valence-corrected chi connectivity index (χ3v) is 2.11. The largest absolute Gasteiger partial charge is 0.507 e. The zero-order valence-electron chi connectivity index (χ0n) is 6.90. The molecule has 0 bridgehead atoms. The van der Waals surface area contributed by atoms with Gasteiger partial charge in [0.1, 0.15) is 5.75 Å². The number of allylic oxidation sites excluding steroid dienone is 1. The molecule has 1 fully saturated rings. The topological polar surface area (TPSA) is 20.2 Å². The molecule has 0 aromatic heterocycles. The van der Waals surface area contributed by atoms with E-state index >= 15 is 0 Å². The molecule has 0 spiro atoms. The van der Waals surface area contributed by atoms with Gasteiger partial charge in [-0.1, -0.05) is 30.4 Å². The van der Waals surface area contributed by atoms with E-state index in [1.165, 1.54) is 12.8 Å². The highest BCUT2D eigenvalue weighted by molar-refractivity contribution is 5.56. The molecule has 2 rings (SSSR count). The molecule has 1 aromatic rings. The van der Waals surface area contributed by atoms with Crippen LogP contribution < -0.4 is 0 Å². The Balaban J connectivity index is 2.15. The zero-order valence-corrected chi connectivity index (χ0v) is 6.90. The molecule has 0 heterocycles. The van der Waals surface area contributed by atoms with Gasteiger partial charge in [0.25, 0.3) is 0 Å². The smallest absolute Gasteiger partial charge is 0.122 e. The molecular weight excluding hydrogens is 148 g/mol. The minimum absolute atomic E-state index is 0.370. The maximum absolute atomic E-state index is 9.39. The van der Waals surface area contributed by atoms with Crippen LogP contribution in [-0.2, 0) is 0 Å². The summed E-state index contributed by atoms with van der Waals surface area (Å²) in [4.78, 5) is 0. The van der Waals surface area contributed by atoms with Crippen molar-refractivity contribution in [3.05, 3.63) is 35.9 Å². The second-order valence-corrected chi connectivity index (χ2v) is 3.26. The molecule has 0 atom stereocenters. The lowest BCUT2D eigenvalue weighted by molar-refractivity contribution is 0.474. The summed E-state index contributed by atoms with van der Waals surface area (Å²) in [5, 5.41) is 9.39. The van der Waals surface area contributed by atoms with Crippen molar-refractivity contribution in [3.63, 3.8) is 0 Å². The zero-order chi connectivity index (χ0) is 8.39. The van der Waals surface area contributed by atoms with Gasteiger partial charge in [0.05, 0.1) is 0 Å². The molecular formula is C11H12O. The van der Waals surface area contributed by atoms with Crippen molar-refractivity contribution in [2.24, 2.45) is 5.92 Å². The van der Waals surface area contributed by atoms with Crippen molar-refractivity contribution in [2.45, 2.75) is 12.8 Å². The minimum atomic E-state index is 0.370. The number of phenols is 1. The molecule has 0 radical (unpaired) electrons. The Morgan fingerprint density at radius 2 is 2.00 bits per heavy atom. The monoisotopic (exact) mass is 160 g/mol. The van der Waals surface area contributed by atoms with Gasteiger partial charge in [0.15, 0.2) is 0 Å². The van der Waals surface area contributed by atoms with E-state index in [9.17, 15) is 5.11 Å². The summed E-state index contributed by atoms with van der Waals surface area (Å²) in [6, 6.07) is 7.41. The van der Waals surface area contributed by atoms with Crippen LogP contribution in [-0.4, -0.2) is 5.11 Å². The second-order valence-electron chi connectivity index (χ2n) is 3.26. The molecule has 1 saturated carbocycles. The van der Waals surface area contributed by atoms with Crippen LogP contribution in [0, 0.1) is 5.92 Å². The van der Waals surface area contributed by atoms with Gasteiger partial charge in [0.2, 0.25) is 0 Å². The molecule has 12 heavy (non-hydrogen) atoms. The number of hydrogen-bond acceptors (Lipinski definition) is 1. The highest BCUT2D eigenvalue weighted by Gasteiger charge is 2.16. The Kier molecular flexibility index (Phi) is 1.86. The summed E-state index contributed by atoms with van der Waals surface area (Å²) in [5.74, 6) is 1.14. The van der Waals surface area contributed by atoms with Gasteiger partial charge >= 0.3 is 0 Å². The maximum atomic E-state index is 9.39. The fourth-order valence-electron chi connectivity index (χ4n) is 1.16. The van der Waals surface area contributed by atoms with E-state index in [2.05, 4.69) is 6.08 Å². The van der Waals surface area contributed by atoms with Crippen LogP contribution in [0.15, 0.2) is 30.3 Å². The molecule has 0 aliphatic heterocycles. The van der Waals surface area contributed by atoms with Crippen molar-refractivity contribution in [2.75, 3.05) is 0 Å². The predicted molar refractivity (Wildman–Crippen MR) is 49.9 cm³/mol. The Morgan fingerprint density at radius 3 is 2.67 bits per heavy atom. The highest BCUT2D eigenvalue weighted by atomic mass is 16.3. The van der Waals surface area contributed by atoms with Gasteiger partial charge in [0, 0.05) is 5.56 Å². The summed E-state index contributed by atoms with van der Waals surface area (Å²) in [6.07, 6.45) is 6.80. The first-order valence-electron chi connectivity index (χ1n) is 4.32. The molecule has 1 nitrogen and oxygen atoms in total. The number of rotatable bonds is 2. The molecule has 0 unspecified atom stereocenters. The summed E-state index contributed by atoms with van der Waals surface area (Å²) in [6.45, 7) is 0. The van der Waals surface area contributed by atoms with E-state index in [0.29, 0.717) is 5.75 Å². The van der Waals surface area contributed by atoms with Crippen molar-refractivity contribution in [1.82, 2.24) is 0 Å². The Morgan fingerprint density at radius 1 is 1.25 bits per heavy atom. The van der Waals surface area contributed by atoms with E-state index in [-0.39, 0.29) is 0 Å². The number of benzene rings is 1. The van der Waals surface area contributed by atoms with Gasteiger partial charge in [-0.2, -0.15) is 0 Å². The maximum Gasteiger partial charge on any atom is 0.122 e. The van der Waals surface area contributed by atoms with E-state index in [1.54, 1.807) is 6.07 Å². The molecule has 1 heteroatoms. The first-order valence-corrected chi connectivity index (χ1v) is 4.32. The number of phenolic OH excluding ortho intramolecular Hbond substituents is 1. The van der Waals surface area contributed by atoms with Gasteiger partial charge < -0.3 is 5.11 Å². The summed E-state index contributed by atoms with van der Waals surface area (Å²) in [7, 11) is 0. The molecule has 0 saturated heterocycles. The fraction of sp³-hybridized carbons (Fsp3) is 0.273. The predicted octanol–water partition coefficient (Wildman–Crippen LogP) is 2.82. The van der Waals surface area contributed by atoms with Gasteiger partial charge in [-0.25, -0.2) is 0 Å². The van der Waals surface area contributed by atoms with Crippen molar-refractivity contribution in [3.8, 4) is 5.75 Å². The molecule has 1 aliphatic rings. The van der Waals surface area contributed by atoms with Gasteiger partial charge in [-0.3, -0.25) is 0 Å². The van der Waals surface area contributed by atoms with E-state index in [0.717, 1.165) is 11.5 Å². The third-order valence-electron chi connectivity index (χ3n) is 2.11. The Bertz CT molecular complexity index is 298. The van der Waals surface area contributed by atoms with Crippen molar-refractivity contribution >= 4 is 6.08 Å². The second kappa shape index (κ2) is 3.02. The van der Waals surface area contributed by atoms with Crippen molar-refractivity contribution < 1.29 is 5.11 Å². The van der Waals surface area contributed by atoms with Crippen molar-refractivity contribution in [1.29, 1.82) is 0 Å². The Labute approximate surface area is 72.4 Å². The van der Waals surface area contributed by atoms with E-state index in [1.807, 2.05) is 24.3 Å². The lowest BCUT2D eigenvalue weighted by atomic mass is 10.2. The Hall–Kier alpha value is -1.24. The minimum Gasteiger partial charge on any atom is -0.507 e. The van der Waals surface area contributed by atoms with Crippen LogP contribution in [0.5, 0.6) is 5.75 Å². The van der Waals surface area contributed by atoms with Gasteiger partial charge in [-0.15, -0.1) is 0 Å². The average Bonchev–Trinajstić information content (AvgIpc) is 2.86. The summed E-state index contributed by atoms with van der Waals surface area (Å²) < 4.78 is 0. The number of hydrogen-bond donors (Lipinski definition) is 1. The standard InChI is InChI=1S/C11H12O/c12-11-4-2-1-3-10(11)8-7-9-5-6-9/h1-4,7-9,12H,5-6H2/b8-7+. The molecule has 0 amide bonds. The molecule has 1 N–H and O–H groups in total. The van der Waals surface area contributed by atoms with Crippen LogP contribution in [0.2, 0.25) is 0 Å². The van der Waals surface area contributed by atoms with Gasteiger partial charge in [-0.05, 0) is 24.8 Å². The fourth-order valence-corrected chi connectivity index (χ4v) is 1.16. The van der Waals surface area contributed by atoms with Crippen LogP contribution in [0.1, 0.15) is 18.4 Å². The number of para-hydroxylation sites is 1. The molecule has 1 aliphatic carbocycles. The normalized spacial score (nSPS) is 17.0. The SMILES string of the molecule is Oc1ccccc1/C=C/C1CC1. The molecule has 1 aromatic carbocycles. The third kappa shape index (κ3) is 1.67. The summed E-state index contributed by atoms with van der Waals surface area (Å²) in [5.41, 5.74) is 0.921. The van der Waals surface area contributed by atoms with E-state index in [4.69, 9.17) is 0 Å². The first-order chi connectivity index (χ1) is 5.86. The number of aromatic hydroxyl groups is 1. The highest BCUT2D eigenvalue weighted by Crippen LogP contribution is 2.31. The molecule has 62 valence electrons. The van der Waals surface area contributed by atoms with Crippen LogP contribution in [0.4, 0.5) is 0 Å². The first kappa shape index (κ1) is 7.41. The van der Waals surface area contributed by atoms with Crippen LogP contribution >= 0.6 is 0 Å². The lowest BCUT2D eigenvalue weighted by Crippen LogP contribution is -1.72.